The third-order valence-electron chi connectivity index (χ3n) is 4.20. The van der Waals surface area contributed by atoms with E-state index in [0.29, 0.717) is 5.92 Å². The first kappa shape index (κ1) is 18.0. The second-order valence-electron chi connectivity index (χ2n) is 6.55. The molecule has 118 valence electrons. The van der Waals surface area contributed by atoms with Crippen molar-refractivity contribution < 1.29 is 4.79 Å². The highest BCUT2D eigenvalue weighted by Gasteiger charge is 2.27. The summed E-state index contributed by atoms with van der Waals surface area (Å²) in [5.74, 6) is 0.534. The molecule has 0 aromatic heterocycles. The average Bonchev–Trinajstić information content (AvgIpc) is 2.46. The molecule has 1 aliphatic rings. The first-order chi connectivity index (χ1) is 9.50. The smallest absolute Gasteiger partial charge is 0.251 e. The summed E-state index contributed by atoms with van der Waals surface area (Å²) in [6.07, 6.45) is 2.36. The van der Waals surface area contributed by atoms with E-state index >= 15 is 0 Å². The van der Waals surface area contributed by atoms with Crippen LogP contribution in [0, 0.1) is 5.41 Å². The Kier molecular flexibility index (Phi) is 6.69. The minimum Gasteiger partial charge on any atom is -0.351 e. The van der Waals surface area contributed by atoms with Crippen LogP contribution < -0.4 is 10.6 Å². The van der Waals surface area contributed by atoms with E-state index in [-0.39, 0.29) is 23.7 Å². The van der Waals surface area contributed by atoms with Gasteiger partial charge in [0.15, 0.2) is 0 Å². The van der Waals surface area contributed by atoms with Gasteiger partial charge in [-0.2, -0.15) is 0 Å². The van der Waals surface area contributed by atoms with E-state index in [2.05, 4.69) is 31.4 Å². The molecule has 3 nitrogen and oxygen atoms in total. The lowest BCUT2D eigenvalue weighted by molar-refractivity contribution is 0.0924. The van der Waals surface area contributed by atoms with Gasteiger partial charge in [0.05, 0.1) is 0 Å². The molecule has 1 aromatic rings. The first-order valence-corrected chi connectivity index (χ1v) is 7.59. The maximum Gasteiger partial charge on any atom is 0.251 e. The normalized spacial score (nSPS) is 21.7. The Bertz CT molecular complexity index is 450. The summed E-state index contributed by atoms with van der Waals surface area (Å²) < 4.78 is 0. The van der Waals surface area contributed by atoms with Crippen LogP contribution in [0.25, 0.3) is 0 Å². The Morgan fingerprint density at radius 2 is 2.00 bits per heavy atom. The number of carbonyl (C=O) groups is 1. The number of benzene rings is 1. The average molecular weight is 311 g/mol. The largest absolute Gasteiger partial charge is 0.351 e. The van der Waals surface area contributed by atoms with Crippen molar-refractivity contribution in [3.8, 4) is 0 Å². The van der Waals surface area contributed by atoms with Gasteiger partial charge in [0.25, 0.3) is 5.91 Å². The van der Waals surface area contributed by atoms with Gasteiger partial charge in [0, 0.05) is 18.7 Å². The van der Waals surface area contributed by atoms with Gasteiger partial charge in [-0.25, -0.2) is 0 Å². The lowest BCUT2D eigenvalue weighted by Gasteiger charge is -2.34. The molecule has 2 N–H and O–H groups in total. The molecular formula is C17H27ClN2O. The van der Waals surface area contributed by atoms with Gasteiger partial charge >= 0.3 is 0 Å². The van der Waals surface area contributed by atoms with Crippen LogP contribution in [-0.2, 0) is 0 Å². The lowest BCUT2D eigenvalue weighted by Crippen LogP contribution is -2.45. The van der Waals surface area contributed by atoms with Crippen molar-refractivity contribution in [2.24, 2.45) is 5.41 Å². The summed E-state index contributed by atoms with van der Waals surface area (Å²) in [6, 6.07) is 7.94. The highest BCUT2D eigenvalue weighted by Crippen LogP contribution is 2.24. The fraction of sp³-hybridized carbons (Fsp3) is 0.588. The standard InChI is InChI=1S/C17H26N2O.ClH/c1-13(2)14-5-7-15(8-6-14)16(20)19-12-17(3)9-4-10-18-11-17;/h5-8,13,18H,4,9-12H2,1-3H3,(H,19,20);1H. The number of amides is 1. The molecule has 2 rings (SSSR count). The van der Waals surface area contributed by atoms with Gasteiger partial charge in [-0.1, -0.05) is 32.9 Å². The van der Waals surface area contributed by atoms with Crippen molar-refractivity contribution in [1.82, 2.24) is 10.6 Å². The summed E-state index contributed by atoms with van der Waals surface area (Å²) >= 11 is 0. The van der Waals surface area contributed by atoms with E-state index < -0.39 is 0 Å². The molecule has 0 radical (unpaired) electrons. The number of piperidine rings is 1. The van der Waals surface area contributed by atoms with Gasteiger partial charge in [-0.3, -0.25) is 4.79 Å². The van der Waals surface area contributed by atoms with Crippen molar-refractivity contribution in [3.05, 3.63) is 35.4 Å². The van der Waals surface area contributed by atoms with Crippen LogP contribution in [0.15, 0.2) is 24.3 Å². The molecule has 1 unspecified atom stereocenters. The molecule has 1 aromatic carbocycles. The van der Waals surface area contributed by atoms with E-state index in [0.717, 1.165) is 25.2 Å². The fourth-order valence-corrected chi connectivity index (χ4v) is 2.68. The van der Waals surface area contributed by atoms with Crippen LogP contribution >= 0.6 is 12.4 Å². The summed E-state index contributed by atoms with van der Waals surface area (Å²) in [7, 11) is 0. The summed E-state index contributed by atoms with van der Waals surface area (Å²) in [6.45, 7) is 9.38. The number of nitrogens with one attached hydrogen (secondary N) is 2. The molecule has 1 heterocycles. The molecule has 0 saturated carbocycles. The summed E-state index contributed by atoms with van der Waals surface area (Å²) in [5, 5.41) is 6.49. The second-order valence-corrected chi connectivity index (χ2v) is 6.55. The lowest BCUT2D eigenvalue weighted by atomic mass is 9.83. The molecule has 1 aliphatic heterocycles. The van der Waals surface area contributed by atoms with Crippen LogP contribution in [0.2, 0.25) is 0 Å². The van der Waals surface area contributed by atoms with Crippen molar-refractivity contribution in [1.29, 1.82) is 0 Å². The van der Waals surface area contributed by atoms with Gasteiger partial charge in [0.1, 0.15) is 0 Å². The molecule has 1 fully saturated rings. The van der Waals surface area contributed by atoms with Crippen LogP contribution in [0.5, 0.6) is 0 Å². The van der Waals surface area contributed by atoms with Gasteiger partial charge in [-0.15, -0.1) is 12.4 Å². The van der Waals surface area contributed by atoms with Crippen LogP contribution in [0.1, 0.15) is 55.5 Å². The molecule has 0 spiro atoms. The molecule has 1 amide bonds. The zero-order chi connectivity index (χ0) is 14.6. The quantitative estimate of drug-likeness (QED) is 0.895. The maximum atomic E-state index is 12.2. The zero-order valence-corrected chi connectivity index (χ0v) is 14.1. The molecule has 0 bridgehead atoms. The Morgan fingerprint density at radius 3 is 2.52 bits per heavy atom. The van der Waals surface area contributed by atoms with E-state index in [1.165, 1.54) is 18.4 Å². The number of hydrogen-bond donors (Lipinski definition) is 2. The Labute approximate surface area is 134 Å². The molecule has 0 aliphatic carbocycles. The summed E-state index contributed by atoms with van der Waals surface area (Å²) in [5.41, 5.74) is 2.21. The van der Waals surface area contributed by atoms with Crippen LogP contribution in [0.4, 0.5) is 0 Å². The molecule has 1 atom stereocenters. The minimum atomic E-state index is 0. The van der Waals surface area contributed by atoms with Crippen molar-refractivity contribution in [2.45, 2.75) is 39.5 Å². The maximum absolute atomic E-state index is 12.2. The van der Waals surface area contributed by atoms with Gasteiger partial charge in [0.2, 0.25) is 0 Å². The van der Waals surface area contributed by atoms with E-state index in [9.17, 15) is 4.79 Å². The Morgan fingerprint density at radius 1 is 1.33 bits per heavy atom. The van der Waals surface area contributed by atoms with Crippen LogP contribution in [-0.4, -0.2) is 25.5 Å². The predicted octanol–water partition coefficient (Wildman–Crippen LogP) is 3.35. The Balaban J connectivity index is 0.00000220. The minimum absolute atomic E-state index is 0. The number of hydrogen-bond acceptors (Lipinski definition) is 2. The van der Waals surface area contributed by atoms with Crippen molar-refractivity contribution >= 4 is 18.3 Å². The van der Waals surface area contributed by atoms with Crippen molar-refractivity contribution in [2.75, 3.05) is 19.6 Å². The van der Waals surface area contributed by atoms with Gasteiger partial charge in [-0.05, 0) is 48.4 Å². The third-order valence-corrected chi connectivity index (χ3v) is 4.20. The molecule has 1 saturated heterocycles. The molecule has 4 heteroatoms. The van der Waals surface area contributed by atoms with E-state index in [1.807, 2.05) is 24.3 Å². The number of rotatable bonds is 4. The van der Waals surface area contributed by atoms with Crippen LogP contribution in [0.3, 0.4) is 0 Å². The third kappa shape index (κ3) is 5.01. The molecular weight excluding hydrogens is 284 g/mol. The van der Waals surface area contributed by atoms with E-state index in [4.69, 9.17) is 0 Å². The SMILES string of the molecule is CC(C)c1ccc(C(=O)NCC2(C)CCCNC2)cc1.Cl. The topological polar surface area (TPSA) is 41.1 Å². The fourth-order valence-electron chi connectivity index (χ4n) is 2.68. The highest BCUT2D eigenvalue weighted by molar-refractivity contribution is 5.94. The highest BCUT2D eigenvalue weighted by atomic mass is 35.5. The van der Waals surface area contributed by atoms with Gasteiger partial charge < -0.3 is 10.6 Å². The van der Waals surface area contributed by atoms with Crippen molar-refractivity contribution in [3.63, 3.8) is 0 Å². The molecule has 21 heavy (non-hydrogen) atoms. The number of carbonyl (C=O) groups excluding carboxylic acids is 1. The monoisotopic (exact) mass is 310 g/mol. The van der Waals surface area contributed by atoms with E-state index in [1.54, 1.807) is 0 Å². The number of halogens is 1. The first-order valence-electron chi connectivity index (χ1n) is 7.59. The zero-order valence-electron chi connectivity index (χ0n) is 13.2. The second kappa shape index (κ2) is 7.81. The Hall–Kier alpha value is -1.06. The summed E-state index contributed by atoms with van der Waals surface area (Å²) in [4.78, 5) is 12.2. The predicted molar refractivity (Wildman–Crippen MR) is 90.3 cm³/mol.